The largest absolute Gasteiger partial charge is 0.406 e. The van der Waals surface area contributed by atoms with Crippen molar-refractivity contribution in [1.82, 2.24) is 5.48 Å². The van der Waals surface area contributed by atoms with E-state index < -0.39 is 26.2 Å². The number of rotatable bonds is 2. The van der Waals surface area contributed by atoms with Gasteiger partial charge in [-0.05, 0) is 18.4 Å². The second-order valence-corrected chi connectivity index (χ2v) is 11.4. The van der Waals surface area contributed by atoms with Gasteiger partial charge in [0.1, 0.15) is 6.04 Å². The maximum Gasteiger partial charge on any atom is 0.406 e. The summed E-state index contributed by atoms with van der Waals surface area (Å²) in [5.41, 5.74) is 2.18. The Morgan fingerprint density at radius 3 is 2.25 bits per heavy atom. The van der Waals surface area contributed by atoms with Crippen LogP contribution in [0, 0.1) is 5.92 Å². The van der Waals surface area contributed by atoms with Crippen LogP contribution in [-0.2, 0) is 4.84 Å². The average Bonchev–Trinajstić information content (AvgIpc) is 1.97. The molecule has 1 saturated heterocycles. The number of alkyl halides is 3. The van der Waals surface area contributed by atoms with E-state index >= 15 is 0 Å². The van der Waals surface area contributed by atoms with Gasteiger partial charge in [-0.2, -0.15) is 18.7 Å². The molecular weight excluding hydrogens is 235 g/mol. The Morgan fingerprint density at radius 1 is 1.31 bits per heavy atom. The first-order valence-corrected chi connectivity index (χ1v) is 9.28. The topological polar surface area (TPSA) is 21.3 Å². The average molecular weight is 255 g/mol. The van der Waals surface area contributed by atoms with Crippen LogP contribution in [-0.4, -0.2) is 26.4 Å². The predicted molar refractivity (Wildman–Crippen MR) is 59.8 cm³/mol. The third-order valence-electron chi connectivity index (χ3n) is 2.76. The molecule has 1 heterocycles. The molecule has 1 rings (SSSR count). The standard InChI is InChI=1S/C10H20F3NOSi/c1-7-5-8(6-16(2,3)4)15-14-9(7)10(11,12)13/h7-9,14H,5-6H2,1-4H3/t7-,8-,9+/m1/s1. The fraction of sp³-hybridized carbons (Fsp3) is 1.00. The monoisotopic (exact) mass is 255 g/mol. The van der Waals surface area contributed by atoms with Crippen molar-refractivity contribution in [2.45, 2.75) is 57.4 Å². The Balaban J connectivity index is 2.52. The number of hydrogen-bond donors (Lipinski definition) is 1. The lowest BCUT2D eigenvalue weighted by atomic mass is 9.94. The van der Waals surface area contributed by atoms with Gasteiger partial charge in [-0.3, -0.25) is 4.84 Å². The first-order valence-electron chi connectivity index (χ1n) is 5.57. The van der Waals surface area contributed by atoms with Crippen LogP contribution in [0.1, 0.15) is 13.3 Å². The summed E-state index contributed by atoms with van der Waals surface area (Å²) in [4.78, 5) is 5.13. The third-order valence-corrected chi connectivity index (χ3v) is 4.44. The molecule has 0 aromatic rings. The van der Waals surface area contributed by atoms with E-state index in [1.165, 1.54) is 0 Å². The Kier molecular flexibility index (Phi) is 4.07. The van der Waals surface area contributed by atoms with Gasteiger partial charge in [0, 0.05) is 8.07 Å². The molecule has 96 valence electrons. The van der Waals surface area contributed by atoms with Crippen LogP contribution in [0.25, 0.3) is 0 Å². The zero-order chi connectivity index (χ0) is 12.6. The van der Waals surface area contributed by atoms with Crippen molar-refractivity contribution in [2.24, 2.45) is 5.92 Å². The van der Waals surface area contributed by atoms with Crippen molar-refractivity contribution in [3.8, 4) is 0 Å². The lowest BCUT2D eigenvalue weighted by molar-refractivity contribution is -0.224. The predicted octanol–water partition coefficient (Wildman–Crippen LogP) is 3.19. The minimum Gasteiger partial charge on any atom is -0.298 e. The summed E-state index contributed by atoms with van der Waals surface area (Å²) < 4.78 is 37.6. The van der Waals surface area contributed by atoms with Gasteiger partial charge >= 0.3 is 6.18 Å². The first-order chi connectivity index (χ1) is 7.09. The maximum absolute atomic E-state index is 12.5. The molecule has 0 aromatic heterocycles. The number of hydrogen-bond acceptors (Lipinski definition) is 2. The highest BCUT2D eigenvalue weighted by atomic mass is 28.3. The third kappa shape index (κ3) is 4.07. The van der Waals surface area contributed by atoms with E-state index in [1.807, 2.05) is 0 Å². The molecule has 1 fully saturated rings. The van der Waals surface area contributed by atoms with E-state index in [9.17, 15) is 13.2 Å². The van der Waals surface area contributed by atoms with Crippen LogP contribution in [0.15, 0.2) is 0 Å². The molecule has 6 heteroatoms. The summed E-state index contributed by atoms with van der Waals surface area (Å²) in [6.07, 6.45) is -3.80. The Morgan fingerprint density at radius 2 is 1.88 bits per heavy atom. The van der Waals surface area contributed by atoms with E-state index in [0.717, 1.165) is 6.04 Å². The Labute approximate surface area is 95.5 Å². The minimum atomic E-state index is -4.22. The van der Waals surface area contributed by atoms with Crippen molar-refractivity contribution >= 4 is 8.07 Å². The summed E-state index contributed by atoms with van der Waals surface area (Å²) in [6.45, 7) is 8.20. The molecule has 2 nitrogen and oxygen atoms in total. The Hall–Kier alpha value is -0.0731. The van der Waals surface area contributed by atoms with Gasteiger partial charge < -0.3 is 0 Å². The molecule has 1 N–H and O–H groups in total. The van der Waals surface area contributed by atoms with Crippen molar-refractivity contribution in [1.29, 1.82) is 0 Å². The van der Waals surface area contributed by atoms with Crippen LogP contribution in [0.4, 0.5) is 13.2 Å². The van der Waals surface area contributed by atoms with E-state index in [1.54, 1.807) is 6.92 Å². The summed E-state index contributed by atoms with van der Waals surface area (Å²) in [7, 11) is -1.29. The van der Waals surface area contributed by atoms with Gasteiger partial charge in [0.05, 0.1) is 6.10 Å². The zero-order valence-corrected chi connectivity index (χ0v) is 11.2. The maximum atomic E-state index is 12.5. The molecule has 1 aliphatic heterocycles. The van der Waals surface area contributed by atoms with Gasteiger partial charge in [0.2, 0.25) is 0 Å². The molecule has 0 bridgehead atoms. The van der Waals surface area contributed by atoms with Crippen LogP contribution >= 0.6 is 0 Å². The summed E-state index contributed by atoms with van der Waals surface area (Å²) >= 11 is 0. The van der Waals surface area contributed by atoms with Crippen LogP contribution < -0.4 is 5.48 Å². The number of hydroxylamine groups is 1. The molecule has 3 atom stereocenters. The summed E-state index contributed by atoms with van der Waals surface area (Å²) in [5.74, 6) is -0.421. The molecule has 0 radical (unpaired) electrons. The molecule has 0 unspecified atom stereocenters. The van der Waals surface area contributed by atoms with Crippen LogP contribution in [0.3, 0.4) is 0 Å². The van der Waals surface area contributed by atoms with Crippen LogP contribution in [0.2, 0.25) is 25.7 Å². The van der Waals surface area contributed by atoms with Gasteiger partial charge in [-0.25, -0.2) is 0 Å². The number of nitrogens with one attached hydrogen (secondary N) is 1. The van der Waals surface area contributed by atoms with Crippen LogP contribution in [0.5, 0.6) is 0 Å². The van der Waals surface area contributed by atoms with E-state index in [-0.39, 0.29) is 6.10 Å². The molecule has 1 aliphatic rings. The smallest absolute Gasteiger partial charge is 0.298 e. The second kappa shape index (κ2) is 4.66. The summed E-state index contributed by atoms with van der Waals surface area (Å²) in [5, 5.41) is 0. The van der Waals surface area contributed by atoms with Gasteiger partial charge in [-0.15, -0.1) is 0 Å². The first kappa shape index (κ1) is 14.0. The van der Waals surface area contributed by atoms with E-state index in [4.69, 9.17) is 4.84 Å². The van der Waals surface area contributed by atoms with Gasteiger partial charge in [-0.1, -0.05) is 26.6 Å². The molecule has 0 aromatic carbocycles. The SMILES string of the molecule is C[C@@H]1C[C@H](C[Si](C)(C)C)ON[C@@H]1C(F)(F)F. The molecular formula is C10H20F3NOSi. The normalized spacial score (nSPS) is 32.8. The van der Waals surface area contributed by atoms with Crippen molar-refractivity contribution in [3.63, 3.8) is 0 Å². The van der Waals surface area contributed by atoms with Gasteiger partial charge in [0.25, 0.3) is 0 Å². The van der Waals surface area contributed by atoms with Crippen molar-refractivity contribution < 1.29 is 18.0 Å². The quantitative estimate of drug-likeness (QED) is 0.765. The molecule has 0 aliphatic carbocycles. The highest BCUT2D eigenvalue weighted by molar-refractivity contribution is 6.76. The highest BCUT2D eigenvalue weighted by Gasteiger charge is 2.46. The lowest BCUT2D eigenvalue weighted by Gasteiger charge is -2.37. The zero-order valence-electron chi connectivity index (χ0n) is 10.2. The fourth-order valence-electron chi connectivity index (χ4n) is 2.08. The second-order valence-electron chi connectivity index (χ2n) is 5.85. The van der Waals surface area contributed by atoms with E-state index in [2.05, 4.69) is 25.1 Å². The minimum absolute atomic E-state index is 0.0692. The number of halogens is 3. The Bertz CT molecular complexity index is 239. The van der Waals surface area contributed by atoms with Gasteiger partial charge in [0.15, 0.2) is 0 Å². The fourth-order valence-corrected chi connectivity index (χ4v) is 3.70. The molecule has 16 heavy (non-hydrogen) atoms. The molecule has 0 spiro atoms. The summed E-state index contributed by atoms with van der Waals surface area (Å²) in [6, 6.07) is -0.625. The van der Waals surface area contributed by atoms with Crippen molar-refractivity contribution in [2.75, 3.05) is 0 Å². The highest BCUT2D eigenvalue weighted by Crippen LogP contribution is 2.33. The van der Waals surface area contributed by atoms with E-state index in [0.29, 0.717) is 6.42 Å². The molecule has 0 amide bonds. The van der Waals surface area contributed by atoms with Crippen molar-refractivity contribution in [3.05, 3.63) is 0 Å². The molecule has 0 saturated carbocycles. The lowest BCUT2D eigenvalue weighted by Crippen LogP contribution is -2.53.